The summed E-state index contributed by atoms with van der Waals surface area (Å²) >= 11 is 0. The molecule has 0 fully saturated rings. The van der Waals surface area contributed by atoms with E-state index in [2.05, 4.69) is 32.3 Å². The molecular formula is C21H19N5O. The van der Waals surface area contributed by atoms with Crippen LogP contribution in [0.1, 0.15) is 18.3 Å². The van der Waals surface area contributed by atoms with E-state index in [0.29, 0.717) is 12.4 Å². The van der Waals surface area contributed by atoms with Gasteiger partial charge in [-0.15, -0.1) is 0 Å². The monoisotopic (exact) mass is 357 g/mol. The van der Waals surface area contributed by atoms with Crippen LogP contribution in [0, 0.1) is 0 Å². The fraction of sp³-hybridized carbons (Fsp3) is 0.143. The number of pyridine rings is 1. The van der Waals surface area contributed by atoms with Crippen molar-refractivity contribution in [3.05, 3.63) is 78.2 Å². The van der Waals surface area contributed by atoms with E-state index < -0.39 is 0 Å². The number of aromatic nitrogens is 4. The molecule has 0 radical (unpaired) electrons. The van der Waals surface area contributed by atoms with Gasteiger partial charge in [-0.2, -0.15) is 0 Å². The predicted octanol–water partition coefficient (Wildman–Crippen LogP) is 4.37. The molecule has 0 aliphatic rings. The highest BCUT2D eigenvalue weighted by atomic mass is 16.5. The van der Waals surface area contributed by atoms with Gasteiger partial charge in [-0.1, -0.05) is 48.5 Å². The highest BCUT2D eigenvalue weighted by Crippen LogP contribution is 2.21. The van der Waals surface area contributed by atoms with Crippen molar-refractivity contribution in [1.82, 2.24) is 20.1 Å². The maximum absolute atomic E-state index is 5.44. The minimum Gasteiger partial charge on any atom is -0.364 e. The summed E-state index contributed by atoms with van der Waals surface area (Å²) in [6, 6.07) is 19.5. The van der Waals surface area contributed by atoms with E-state index in [4.69, 9.17) is 4.52 Å². The van der Waals surface area contributed by atoms with Crippen LogP contribution in [-0.2, 0) is 13.0 Å². The number of anilines is 1. The van der Waals surface area contributed by atoms with Crippen LogP contribution in [0.4, 0.5) is 5.82 Å². The predicted molar refractivity (Wildman–Crippen MR) is 104 cm³/mol. The summed E-state index contributed by atoms with van der Waals surface area (Å²) in [7, 11) is 0. The van der Waals surface area contributed by atoms with Gasteiger partial charge in [-0.05, 0) is 18.6 Å². The van der Waals surface area contributed by atoms with Gasteiger partial charge in [0.1, 0.15) is 17.2 Å². The SMILES string of the molecule is CCc1cc(NCc2cc(-c3ccccc3)on2)nc(-c2ccccn2)n1. The summed E-state index contributed by atoms with van der Waals surface area (Å²) in [6.45, 7) is 2.58. The molecule has 0 saturated heterocycles. The van der Waals surface area contributed by atoms with Gasteiger partial charge in [-0.25, -0.2) is 9.97 Å². The first kappa shape index (κ1) is 16.9. The molecule has 0 amide bonds. The van der Waals surface area contributed by atoms with Crippen molar-refractivity contribution >= 4 is 5.82 Å². The summed E-state index contributed by atoms with van der Waals surface area (Å²) < 4.78 is 5.44. The second-order valence-electron chi connectivity index (χ2n) is 6.04. The molecule has 3 aromatic heterocycles. The van der Waals surface area contributed by atoms with Crippen molar-refractivity contribution in [2.24, 2.45) is 0 Å². The van der Waals surface area contributed by atoms with Gasteiger partial charge >= 0.3 is 0 Å². The van der Waals surface area contributed by atoms with Crippen LogP contribution in [-0.4, -0.2) is 20.1 Å². The molecule has 6 heteroatoms. The van der Waals surface area contributed by atoms with Gasteiger partial charge in [0.2, 0.25) is 0 Å². The van der Waals surface area contributed by atoms with E-state index in [1.807, 2.05) is 60.7 Å². The van der Waals surface area contributed by atoms with Gasteiger partial charge in [0.15, 0.2) is 11.6 Å². The Bertz CT molecular complexity index is 1020. The minimum atomic E-state index is 0.512. The van der Waals surface area contributed by atoms with E-state index in [0.717, 1.165) is 40.6 Å². The molecule has 0 atom stereocenters. The van der Waals surface area contributed by atoms with Crippen molar-refractivity contribution in [1.29, 1.82) is 0 Å². The average molecular weight is 357 g/mol. The van der Waals surface area contributed by atoms with Gasteiger partial charge < -0.3 is 9.84 Å². The smallest absolute Gasteiger partial charge is 0.180 e. The summed E-state index contributed by atoms with van der Waals surface area (Å²) in [4.78, 5) is 13.5. The first-order valence-corrected chi connectivity index (χ1v) is 8.86. The largest absolute Gasteiger partial charge is 0.364 e. The van der Waals surface area contributed by atoms with Gasteiger partial charge in [0.25, 0.3) is 0 Å². The zero-order valence-corrected chi connectivity index (χ0v) is 15.0. The molecule has 27 heavy (non-hydrogen) atoms. The maximum atomic E-state index is 5.44. The Balaban J connectivity index is 1.52. The van der Waals surface area contributed by atoms with Crippen molar-refractivity contribution in [2.45, 2.75) is 19.9 Å². The molecule has 4 aromatic rings. The molecule has 1 aromatic carbocycles. The molecule has 6 nitrogen and oxygen atoms in total. The van der Waals surface area contributed by atoms with E-state index in [1.54, 1.807) is 6.20 Å². The number of nitrogens with zero attached hydrogens (tertiary/aromatic N) is 4. The van der Waals surface area contributed by atoms with Crippen LogP contribution in [0.3, 0.4) is 0 Å². The van der Waals surface area contributed by atoms with Crippen LogP contribution < -0.4 is 5.32 Å². The summed E-state index contributed by atoms with van der Waals surface area (Å²) in [5.74, 6) is 2.10. The molecule has 1 N–H and O–H groups in total. The van der Waals surface area contributed by atoms with E-state index in [9.17, 15) is 0 Å². The third-order valence-electron chi connectivity index (χ3n) is 4.10. The molecular weight excluding hydrogens is 338 g/mol. The third kappa shape index (κ3) is 4.00. The van der Waals surface area contributed by atoms with Crippen LogP contribution in [0.15, 0.2) is 71.4 Å². The van der Waals surface area contributed by atoms with E-state index >= 15 is 0 Å². The Hall–Kier alpha value is -3.54. The minimum absolute atomic E-state index is 0.512. The number of rotatable bonds is 6. The number of hydrogen-bond donors (Lipinski definition) is 1. The number of hydrogen-bond acceptors (Lipinski definition) is 6. The third-order valence-corrected chi connectivity index (χ3v) is 4.10. The fourth-order valence-electron chi connectivity index (χ4n) is 2.69. The molecule has 0 saturated carbocycles. The van der Waals surface area contributed by atoms with Crippen LogP contribution in [0.2, 0.25) is 0 Å². The van der Waals surface area contributed by atoms with Crippen molar-refractivity contribution in [3.63, 3.8) is 0 Å². The van der Waals surface area contributed by atoms with Crippen LogP contribution in [0.5, 0.6) is 0 Å². The molecule has 0 spiro atoms. The lowest BCUT2D eigenvalue weighted by molar-refractivity contribution is 0.424. The lowest BCUT2D eigenvalue weighted by Gasteiger charge is -2.08. The van der Waals surface area contributed by atoms with E-state index in [-0.39, 0.29) is 0 Å². The Morgan fingerprint density at radius 3 is 2.56 bits per heavy atom. The van der Waals surface area contributed by atoms with Crippen molar-refractivity contribution in [2.75, 3.05) is 5.32 Å². The maximum Gasteiger partial charge on any atom is 0.180 e. The van der Waals surface area contributed by atoms with E-state index in [1.165, 1.54) is 0 Å². The summed E-state index contributed by atoms with van der Waals surface area (Å²) in [6.07, 6.45) is 2.56. The molecule has 0 unspecified atom stereocenters. The normalized spacial score (nSPS) is 10.7. The van der Waals surface area contributed by atoms with Crippen molar-refractivity contribution < 1.29 is 4.52 Å². The van der Waals surface area contributed by atoms with Crippen LogP contribution in [0.25, 0.3) is 22.8 Å². The highest BCUT2D eigenvalue weighted by Gasteiger charge is 2.09. The fourth-order valence-corrected chi connectivity index (χ4v) is 2.69. The molecule has 3 heterocycles. The quantitative estimate of drug-likeness (QED) is 0.552. The first-order valence-electron chi connectivity index (χ1n) is 8.86. The number of nitrogens with one attached hydrogen (secondary N) is 1. The topological polar surface area (TPSA) is 76.7 Å². The Morgan fingerprint density at radius 1 is 0.926 bits per heavy atom. The zero-order valence-electron chi connectivity index (χ0n) is 15.0. The Kier molecular flexibility index (Phi) is 4.87. The number of aryl methyl sites for hydroxylation is 1. The second-order valence-corrected chi connectivity index (χ2v) is 6.04. The van der Waals surface area contributed by atoms with Crippen LogP contribution >= 0.6 is 0 Å². The molecule has 4 rings (SSSR count). The van der Waals surface area contributed by atoms with Gasteiger partial charge in [0, 0.05) is 29.6 Å². The first-order chi connectivity index (χ1) is 13.3. The lowest BCUT2D eigenvalue weighted by atomic mass is 10.2. The molecule has 0 aliphatic heterocycles. The average Bonchev–Trinajstić information content (AvgIpc) is 3.22. The molecule has 134 valence electrons. The highest BCUT2D eigenvalue weighted by molar-refractivity contribution is 5.57. The van der Waals surface area contributed by atoms with Gasteiger partial charge in [0.05, 0.1) is 6.54 Å². The zero-order chi connectivity index (χ0) is 18.5. The standard InChI is InChI=1S/C21H19N5O/c1-2-16-13-20(25-21(24-16)18-10-6-7-11-22-18)23-14-17-12-19(27-26-17)15-8-4-3-5-9-15/h3-13H,2,14H2,1H3,(H,23,24,25). The summed E-state index contributed by atoms with van der Waals surface area (Å²) in [5.41, 5.74) is 3.52. The summed E-state index contributed by atoms with van der Waals surface area (Å²) in [5, 5.41) is 7.45. The van der Waals surface area contributed by atoms with Gasteiger partial charge in [-0.3, -0.25) is 4.98 Å². The number of benzene rings is 1. The van der Waals surface area contributed by atoms with Crippen molar-refractivity contribution in [3.8, 4) is 22.8 Å². The molecule has 0 bridgehead atoms. The molecule has 0 aliphatic carbocycles. The Labute approximate surface area is 157 Å². The Morgan fingerprint density at radius 2 is 1.78 bits per heavy atom. The lowest BCUT2D eigenvalue weighted by Crippen LogP contribution is -2.05. The second kappa shape index (κ2) is 7.78.